The molecule has 4 nitrogen and oxygen atoms in total. The molecule has 118 valence electrons. The predicted molar refractivity (Wildman–Crippen MR) is 102 cm³/mol. The van der Waals surface area contributed by atoms with Gasteiger partial charge in [0.1, 0.15) is 11.8 Å². The van der Waals surface area contributed by atoms with Crippen LogP contribution in [0.25, 0.3) is 0 Å². The fourth-order valence-corrected chi connectivity index (χ4v) is 4.82. The number of hydrogen-bond donors (Lipinski definition) is 1. The minimum Gasteiger partial charge on any atom is -0.507 e. The zero-order valence-corrected chi connectivity index (χ0v) is 15.5. The third kappa shape index (κ3) is 2.71. The van der Waals surface area contributed by atoms with Crippen LogP contribution in [0.4, 0.5) is 0 Å². The highest BCUT2D eigenvalue weighted by molar-refractivity contribution is 14.1. The summed E-state index contributed by atoms with van der Waals surface area (Å²) in [6.07, 6.45) is 1.83. The van der Waals surface area contributed by atoms with E-state index in [4.69, 9.17) is 4.99 Å². The number of fused-ring (bicyclic) bond motifs is 1. The van der Waals surface area contributed by atoms with Crippen LogP contribution in [0.2, 0.25) is 0 Å². The van der Waals surface area contributed by atoms with Crippen molar-refractivity contribution in [1.29, 1.82) is 0 Å². The van der Waals surface area contributed by atoms with Crippen LogP contribution >= 0.6 is 34.4 Å². The molecule has 0 unspecified atom stereocenters. The van der Waals surface area contributed by atoms with Gasteiger partial charge in [0.2, 0.25) is 0 Å². The number of hydrogen-bond acceptors (Lipinski definition) is 5. The second-order valence-corrected chi connectivity index (χ2v) is 8.42. The van der Waals surface area contributed by atoms with Crippen molar-refractivity contribution in [3.8, 4) is 5.75 Å². The SMILES string of the molecule is C[C@H]1CN2C(=N[C@@H](c3ccccn3)[C@@H]2c2ccc(O)c(I)c2)S1. The maximum Gasteiger partial charge on any atom is 0.160 e. The summed E-state index contributed by atoms with van der Waals surface area (Å²) in [5.74, 6) is 0.326. The topological polar surface area (TPSA) is 48.7 Å². The number of amidine groups is 1. The van der Waals surface area contributed by atoms with Crippen LogP contribution in [-0.2, 0) is 0 Å². The maximum absolute atomic E-state index is 9.83. The molecule has 1 aromatic heterocycles. The van der Waals surface area contributed by atoms with E-state index >= 15 is 0 Å². The molecular formula is C17H16IN3OS. The van der Waals surface area contributed by atoms with Crippen molar-refractivity contribution in [3.63, 3.8) is 0 Å². The van der Waals surface area contributed by atoms with Gasteiger partial charge in [0.05, 0.1) is 15.3 Å². The Morgan fingerprint density at radius 1 is 1.30 bits per heavy atom. The molecule has 1 aromatic carbocycles. The second-order valence-electron chi connectivity index (χ2n) is 5.85. The monoisotopic (exact) mass is 437 g/mol. The molecule has 0 amide bonds. The molecule has 2 aliphatic heterocycles. The van der Waals surface area contributed by atoms with Crippen molar-refractivity contribution < 1.29 is 5.11 Å². The first-order valence-corrected chi connectivity index (χ1v) is 9.50. The molecular weight excluding hydrogens is 421 g/mol. The van der Waals surface area contributed by atoms with Gasteiger partial charge in [-0.3, -0.25) is 9.98 Å². The fraction of sp³-hybridized carbons (Fsp3) is 0.294. The fourth-order valence-electron chi connectivity index (χ4n) is 3.19. The lowest BCUT2D eigenvalue weighted by Crippen LogP contribution is -2.28. The van der Waals surface area contributed by atoms with Gasteiger partial charge < -0.3 is 10.0 Å². The summed E-state index contributed by atoms with van der Waals surface area (Å²) in [7, 11) is 0. The number of aromatic hydroxyl groups is 1. The molecule has 23 heavy (non-hydrogen) atoms. The minimum absolute atomic E-state index is 0.00606. The molecule has 0 aliphatic carbocycles. The molecule has 0 saturated carbocycles. The zero-order valence-electron chi connectivity index (χ0n) is 12.6. The summed E-state index contributed by atoms with van der Waals surface area (Å²) < 4.78 is 0.869. The smallest absolute Gasteiger partial charge is 0.160 e. The second kappa shape index (κ2) is 5.98. The number of phenols is 1. The number of nitrogens with zero attached hydrogens (tertiary/aromatic N) is 3. The van der Waals surface area contributed by atoms with Gasteiger partial charge in [-0.15, -0.1) is 0 Å². The number of thioether (sulfide) groups is 1. The Morgan fingerprint density at radius 3 is 2.91 bits per heavy atom. The van der Waals surface area contributed by atoms with Gasteiger partial charge in [-0.1, -0.05) is 30.8 Å². The first-order chi connectivity index (χ1) is 11.1. The highest BCUT2D eigenvalue weighted by Crippen LogP contribution is 2.47. The van der Waals surface area contributed by atoms with Gasteiger partial charge in [-0.2, -0.15) is 0 Å². The van der Waals surface area contributed by atoms with E-state index in [-0.39, 0.29) is 12.1 Å². The average molecular weight is 437 g/mol. The Labute approximate surface area is 153 Å². The summed E-state index contributed by atoms with van der Waals surface area (Å²) in [4.78, 5) is 11.9. The summed E-state index contributed by atoms with van der Waals surface area (Å²) in [6, 6.07) is 12.0. The lowest BCUT2D eigenvalue weighted by molar-refractivity contribution is 0.321. The van der Waals surface area contributed by atoms with Crippen molar-refractivity contribution in [2.24, 2.45) is 4.99 Å². The van der Waals surface area contributed by atoms with E-state index in [1.807, 2.05) is 42.2 Å². The number of phenolic OH excluding ortho intramolecular Hbond substituents is 1. The lowest BCUT2D eigenvalue weighted by Gasteiger charge is -2.27. The maximum atomic E-state index is 9.83. The molecule has 4 rings (SSSR count). The molecule has 3 atom stereocenters. The number of aromatic nitrogens is 1. The van der Waals surface area contributed by atoms with E-state index in [1.54, 1.807) is 6.07 Å². The van der Waals surface area contributed by atoms with Crippen LogP contribution in [0.3, 0.4) is 0 Å². The van der Waals surface area contributed by atoms with Crippen LogP contribution < -0.4 is 0 Å². The van der Waals surface area contributed by atoms with E-state index in [1.165, 1.54) is 5.56 Å². The van der Waals surface area contributed by atoms with Crippen LogP contribution in [0, 0.1) is 3.57 Å². The first-order valence-electron chi connectivity index (χ1n) is 7.54. The van der Waals surface area contributed by atoms with E-state index in [9.17, 15) is 5.11 Å². The van der Waals surface area contributed by atoms with Crippen molar-refractivity contribution in [2.45, 2.75) is 24.3 Å². The Kier molecular flexibility index (Phi) is 3.96. The molecule has 1 saturated heterocycles. The normalized spacial score (nSPS) is 26.3. The largest absolute Gasteiger partial charge is 0.507 e. The molecule has 1 N–H and O–H groups in total. The summed E-state index contributed by atoms with van der Waals surface area (Å²) in [6.45, 7) is 3.23. The van der Waals surface area contributed by atoms with Gasteiger partial charge in [-0.05, 0) is 52.4 Å². The molecule has 0 spiro atoms. The number of rotatable bonds is 2. The predicted octanol–water partition coefficient (Wildman–Crippen LogP) is 3.98. The van der Waals surface area contributed by atoms with E-state index < -0.39 is 0 Å². The van der Waals surface area contributed by atoms with Crippen molar-refractivity contribution in [1.82, 2.24) is 9.88 Å². The molecule has 3 heterocycles. The van der Waals surface area contributed by atoms with E-state index in [0.717, 1.165) is 21.0 Å². The van der Waals surface area contributed by atoms with Crippen LogP contribution in [-0.4, -0.2) is 32.0 Å². The lowest BCUT2D eigenvalue weighted by atomic mass is 9.96. The number of aliphatic imine (C=N–C) groups is 1. The summed E-state index contributed by atoms with van der Waals surface area (Å²) in [5.41, 5.74) is 2.17. The Morgan fingerprint density at radius 2 is 2.17 bits per heavy atom. The van der Waals surface area contributed by atoms with Crippen molar-refractivity contribution in [2.75, 3.05) is 6.54 Å². The Balaban J connectivity index is 1.79. The van der Waals surface area contributed by atoms with Crippen LogP contribution in [0.1, 0.15) is 30.3 Å². The minimum atomic E-state index is 0.00606. The standard InChI is InChI=1S/C17H16IN3OS/c1-10-9-21-16(11-5-6-14(22)12(18)8-11)15(20-17(21)23-10)13-4-2-3-7-19-13/h2-8,10,15-16,22H,9H2,1H3/t10-,15-,16-/m0/s1. The highest BCUT2D eigenvalue weighted by atomic mass is 127. The average Bonchev–Trinajstić information content (AvgIpc) is 3.07. The van der Waals surface area contributed by atoms with Crippen molar-refractivity contribution >= 4 is 39.5 Å². The van der Waals surface area contributed by atoms with Crippen LogP contribution in [0.5, 0.6) is 5.75 Å². The highest BCUT2D eigenvalue weighted by Gasteiger charge is 2.43. The molecule has 6 heteroatoms. The first kappa shape index (κ1) is 15.3. The Hall–Kier alpha value is -1.28. The van der Waals surface area contributed by atoms with E-state index in [2.05, 4.69) is 45.5 Å². The molecule has 0 bridgehead atoms. The number of benzene rings is 1. The summed E-state index contributed by atoms with van der Waals surface area (Å²) in [5, 5.41) is 11.5. The number of halogens is 1. The van der Waals surface area contributed by atoms with E-state index in [0.29, 0.717) is 11.0 Å². The van der Waals surface area contributed by atoms with Gasteiger partial charge in [0.15, 0.2) is 5.17 Å². The third-order valence-corrected chi connectivity index (χ3v) is 6.16. The van der Waals surface area contributed by atoms with Gasteiger partial charge >= 0.3 is 0 Å². The quantitative estimate of drug-likeness (QED) is 0.723. The Bertz CT molecular complexity index is 768. The van der Waals surface area contributed by atoms with Gasteiger partial charge in [-0.25, -0.2) is 0 Å². The van der Waals surface area contributed by atoms with Gasteiger partial charge in [0, 0.05) is 18.0 Å². The molecule has 2 aliphatic rings. The molecule has 1 fully saturated rings. The number of pyridine rings is 1. The van der Waals surface area contributed by atoms with Crippen LogP contribution in [0.15, 0.2) is 47.6 Å². The zero-order chi connectivity index (χ0) is 16.0. The van der Waals surface area contributed by atoms with Crippen molar-refractivity contribution in [3.05, 3.63) is 57.4 Å². The molecule has 2 aromatic rings. The van der Waals surface area contributed by atoms with Gasteiger partial charge in [0.25, 0.3) is 0 Å². The summed E-state index contributed by atoms with van der Waals surface area (Å²) >= 11 is 4.01. The third-order valence-electron chi connectivity index (χ3n) is 4.19. The molecule has 0 radical (unpaired) electrons.